The summed E-state index contributed by atoms with van der Waals surface area (Å²) in [6.07, 6.45) is 3.41. The fraction of sp³-hybridized carbons (Fsp3) is 0.520. The second-order valence-electron chi connectivity index (χ2n) is 9.55. The summed E-state index contributed by atoms with van der Waals surface area (Å²) >= 11 is 0. The average Bonchev–Trinajstić information content (AvgIpc) is 2.65. The molecule has 1 aromatic rings. The lowest BCUT2D eigenvalue weighted by atomic mass is 9.87. The highest BCUT2D eigenvalue weighted by atomic mass is 17.2. The molecule has 1 aromatic carbocycles. The van der Waals surface area contributed by atoms with Gasteiger partial charge < -0.3 is 0 Å². The quantitative estimate of drug-likeness (QED) is 0.226. The van der Waals surface area contributed by atoms with Gasteiger partial charge >= 0.3 is 0 Å². The Hall–Kier alpha value is -1.72. The van der Waals surface area contributed by atoms with Crippen LogP contribution in [0.1, 0.15) is 79.0 Å². The number of hydrogen-bond donors (Lipinski definition) is 0. The highest BCUT2D eigenvalue weighted by Gasteiger charge is 2.32. The van der Waals surface area contributed by atoms with E-state index < -0.39 is 22.4 Å². The summed E-state index contributed by atoms with van der Waals surface area (Å²) < 4.78 is 0. The molecule has 0 aromatic heterocycles. The molecule has 0 fully saturated rings. The molecule has 0 saturated carbocycles. The number of allylic oxidation sites excluding steroid dienone is 1. The summed E-state index contributed by atoms with van der Waals surface area (Å²) in [5.74, 6) is 0. The molecule has 0 aliphatic heterocycles. The van der Waals surface area contributed by atoms with Crippen molar-refractivity contribution in [3.05, 3.63) is 66.8 Å². The summed E-state index contributed by atoms with van der Waals surface area (Å²) in [6.45, 7) is 29.0. The van der Waals surface area contributed by atoms with E-state index in [-0.39, 0.29) is 0 Å². The monoisotopic (exact) mass is 402 g/mol. The zero-order valence-electron chi connectivity index (χ0n) is 19.6. The molecule has 29 heavy (non-hydrogen) atoms. The van der Waals surface area contributed by atoms with Gasteiger partial charge in [0.05, 0.1) is 0 Å². The zero-order valence-corrected chi connectivity index (χ0v) is 19.6. The second kappa shape index (κ2) is 8.97. The highest BCUT2D eigenvalue weighted by Crippen LogP contribution is 2.35. The summed E-state index contributed by atoms with van der Waals surface area (Å²) in [4.78, 5) is 22.9. The van der Waals surface area contributed by atoms with Gasteiger partial charge in [-0.1, -0.05) is 24.3 Å². The van der Waals surface area contributed by atoms with Crippen molar-refractivity contribution in [3.63, 3.8) is 0 Å². The summed E-state index contributed by atoms with van der Waals surface area (Å²) in [5.41, 5.74) is 1.20. The van der Waals surface area contributed by atoms with Crippen LogP contribution in [0.15, 0.2) is 50.1 Å². The van der Waals surface area contributed by atoms with E-state index in [9.17, 15) is 0 Å². The standard InChI is InChI=1S/C25H38O4/c1-13-22(5,6)26-28-24(9,10)20-15-19(18(3)4)16-21(17-20)25(11,12)29-27-23(7,8)14-2/h13-17H,1-3H2,4-12H3. The van der Waals surface area contributed by atoms with Gasteiger partial charge in [0.25, 0.3) is 0 Å². The van der Waals surface area contributed by atoms with Gasteiger partial charge in [-0.15, -0.1) is 13.2 Å². The van der Waals surface area contributed by atoms with E-state index in [0.29, 0.717) is 0 Å². The Morgan fingerprint density at radius 3 is 1.31 bits per heavy atom. The molecule has 0 amide bonds. The Morgan fingerprint density at radius 1 is 0.690 bits per heavy atom. The maximum absolute atomic E-state index is 5.82. The molecule has 4 heteroatoms. The summed E-state index contributed by atoms with van der Waals surface area (Å²) in [5, 5.41) is 0. The molecule has 0 bridgehead atoms. The van der Waals surface area contributed by atoms with Gasteiger partial charge in [0.1, 0.15) is 22.4 Å². The molecule has 4 nitrogen and oxygen atoms in total. The predicted molar refractivity (Wildman–Crippen MR) is 120 cm³/mol. The zero-order chi connectivity index (χ0) is 22.7. The average molecular weight is 403 g/mol. The van der Waals surface area contributed by atoms with Crippen LogP contribution in [0.3, 0.4) is 0 Å². The van der Waals surface area contributed by atoms with Crippen LogP contribution >= 0.6 is 0 Å². The van der Waals surface area contributed by atoms with E-state index in [2.05, 4.69) is 31.9 Å². The molecular weight excluding hydrogens is 364 g/mol. The lowest BCUT2D eigenvalue weighted by Gasteiger charge is -2.33. The van der Waals surface area contributed by atoms with Crippen LogP contribution in [0.5, 0.6) is 0 Å². The van der Waals surface area contributed by atoms with E-state index in [4.69, 9.17) is 19.6 Å². The van der Waals surface area contributed by atoms with Crippen LogP contribution < -0.4 is 0 Å². The molecule has 0 heterocycles. The van der Waals surface area contributed by atoms with Gasteiger partial charge in [-0.25, -0.2) is 19.6 Å². The van der Waals surface area contributed by atoms with Crippen LogP contribution in [0.4, 0.5) is 0 Å². The second-order valence-corrected chi connectivity index (χ2v) is 9.55. The fourth-order valence-electron chi connectivity index (χ4n) is 2.16. The minimum absolute atomic E-state index is 0.599. The Labute approximate surface area is 177 Å². The Balaban J connectivity index is 3.30. The first-order chi connectivity index (χ1) is 13.1. The number of rotatable bonds is 11. The molecule has 0 N–H and O–H groups in total. The van der Waals surface area contributed by atoms with Crippen molar-refractivity contribution < 1.29 is 19.6 Å². The first kappa shape index (κ1) is 25.3. The number of hydrogen-bond acceptors (Lipinski definition) is 4. The molecule has 0 aliphatic rings. The third-order valence-electron chi connectivity index (χ3n) is 4.73. The van der Waals surface area contributed by atoms with Gasteiger partial charge in [-0.3, -0.25) is 0 Å². The molecule has 1 rings (SSSR count). The van der Waals surface area contributed by atoms with Gasteiger partial charge in [0, 0.05) is 0 Å². The smallest absolute Gasteiger partial charge is 0.123 e. The van der Waals surface area contributed by atoms with Crippen LogP contribution in [-0.4, -0.2) is 11.2 Å². The Kier molecular flexibility index (Phi) is 7.83. The van der Waals surface area contributed by atoms with E-state index in [1.165, 1.54) is 0 Å². The Bertz CT molecular complexity index is 700. The predicted octanol–water partition coefficient (Wildman–Crippen LogP) is 7.02. The van der Waals surface area contributed by atoms with Gasteiger partial charge in [-0.2, -0.15) is 0 Å². The van der Waals surface area contributed by atoms with Crippen molar-refractivity contribution in [3.8, 4) is 0 Å². The first-order valence-corrected chi connectivity index (χ1v) is 9.88. The lowest BCUT2D eigenvalue weighted by Crippen LogP contribution is -2.31. The molecule has 0 aliphatic carbocycles. The van der Waals surface area contributed by atoms with Crippen molar-refractivity contribution in [2.24, 2.45) is 0 Å². The van der Waals surface area contributed by atoms with E-state index in [1.807, 2.05) is 68.4 Å². The van der Waals surface area contributed by atoms with E-state index >= 15 is 0 Å². The lowest BCUT2D eigenvalue weighted by molar-refractivity contribution is -0.396. The van der Waals surface area contributed by atoms with Crippen molar-refractivity contribution in [1.82, 2.24) is 0 Å². The fourth-order valence-corrected chi connectivity index (χ4v) is 2.16. The van der Waals surface area contributed by atoms with Crippen molar-refractivity contribution in [2.45, 2.75) is 84.7 Å². The third kappa shape index (κ3) is 7.23. The Morgan fingerprint density at radius 2 is 1.03 bits per heavy atom. The largest absolute Gasteiger partial charge is 0.226 e. The van der Waals surface area contributed by atoms with Crippen LogP contribution in [0.25, 0.3) is 5.57 Å². The normalized spacial score (nSPS) is 13.3. The molecule has 162 valence electrons. The summed E-state index contributed by atoms with van der Waals surface area (Å²) in [7, 11) is 0. The maximum Gasteiger partial charge on any atom is 0.123 e. The van der Waals surface area contributed by atoms with Crippen molar-refractivity contribution in [2.75, 3.05) is 0 Å². The SMILES string of the molecule is C=CC(C)(C)OOC(C)(C)c1cc(C(=C)C)cc(C(C)(C)OOC(C)(C)C=C)c1. The van der Waals surface area contributed by atoms with E-state index in [1.54, 1.807) is 12.2 Å². The molecule has 0 unspecified atom stereocenters. The minimum atomic E-state index is -0.711. The topological polar surface area (TPSA) is 36.9 Å². The van der Waals surface area contributed by atoms with E-state index in [0.717, 1.165) is 22.3 Å². The van der Waals surface area contributed by atoms with Crippen molar-refractivity contribution in [1.29, 1.82) is 0 Å². The highest BCUT2D eigenvalue weighted by molar-refractivity contribution is 5.63. The molecule has 0 atom stereocenters. The first-order valence-electron chi connectivity index (χ1n) is 9.88. The van der Waals surface area contributed by atoms with Crippen LogP contribution in [0.2, 0.25) is 0 Å². The molecule has 0 saturated heterocycles. The van der Waals surface area contributed by atoms with Crippen LogP contribution in [0, 0.1) is 0 Å². The van der Waals surface area contributed by atoms with Gasteiger partial charge in [-0.05, 0) is 97.2 Å². The number of benzene rings is 1. The molecular formula is C25H38O4. The van der Waals surface area contributed by atoms with Crippen LogP contribution in [-0.2, 0) is 30.8 Å². The molecule has 0 spiro atoms. The summed E-state index contributed by atoms with van der Waals surface area (Å²) in [6, 6.07) is 6.16. The molecule has 0 radical (unpaired) electrons. The third-order valence-corrected chi connectivity index (χ3v) is 4.73. The minimum Gasteiger partial charge on any atom is -0.226 e. The van der Waals surface area contributed by atoms with Gasteiger partial charge in [0.2, 0.25) is 0 Å². The van der Waals surface area contributed by atoms with Crippen molar-refractivity contribution >= 4 is 5.57 Å². The maximum atomic E-state index is 5.82. The van der Waals surface area contributed by atoms with Gasteiger partial charge in [0.15, 0.2) is 0 Å².